The van der Waals surface area contributed by atoms with Crippen molar-refractivity contribution < 1.29 is 4.74 Å². The molecule has 12 rings (SSSR count). The number of rotatable bonds is 6. The lowest BCUT2D eigenvalue weighted by atomic mass is 9.34. The van der Waals surface area contributed by atoms with Gasteiger partial charge in [0, 0.05) is 45.2 Å². The maximum absolute atomic E-state index is 7.85. The van der Waals surface area contributed by atoms with Gasteiger partial charge in [-0.1, -0.05) is 177 Å². The minimum absolute atomic E-state index is 0.0553. The van der Waals surface area contributed by atoms with Gasteiger partial charge < -0.3 is 14.5 Å². The third kappa shape index (κ3) is 6.88. The zero-order valence-electron chi connectivity index (χ0n) is 40.0. The lowest BCUT2D eigenvalue weighted by Gasteiger charge is -2.58. The lowest BCUT2D eigenvalue weighted by Crippen LogP contribution is -2.56. The molecule has 3 heterocycles. The fourth-order valence-corrected chi connectivity index (χ4v) is 11.9. The van der Waals surface area contributed by atoms with Crippen molar-refractivity contribution in [3.63, 3.8) is 0 Å². The van der Waals surface area contributed by atoms with Gasteiger partial charge in [0.1, 0.15) is 6.10 Å². The minimum Gasteiger partial charge on any atom is -0.501 e. The Morgan fingerprint density at radius 2 is 1.38 bits per heavy atom. The fraction of sp³-hybridized carbons (Fsp3) is 0.290. The molecule has 2 unspecified atom stereocenters. The SMILES string of the molecule is C=C1C2=C(/C=C/C(C)(C)C)N(c3cccc(-c4ccccc4)c3)c3cc(-c4ccccc4)ccc3B2C2=C(C3C(O2)C2(C)CCC3(C)CC2)N1c1ccc(C(C)(C)C)cc1C1=C=C=CC=C1. The van der Waals surface area contributed by atoms with Crippen molar-refractivity contribution >= 4 is 34.8 Å². The van der Waals surface area contributed by atoms with Gasteiger partial charge in [-0.3, -0.25) is 0 Å². The molecule has 4 heteroatoms. The molecule has 0 spiro atoms. The molecule has 66 heavy (non-hydrogen) atoms. The Bertz CT molecular complexity index is 3050. The molecule has 3 fully saturated rings. The average molecular weight is 861 g/mol. The summed E-state index contributed by atoms with van der Waals surface area (Å²) in [6.45, 7) is 24.0. The van der Waals surface area contributed by atoms with Gasteiger partial charge >= 0.3 is 0 Å². The normalized spacial score (nSPS) is 24.2. The first-order valence-electron chi connectivity index (χ1n) is 24.1. The van der Waals surface area contributed by atoms with Gasteiger partial charge in [0.25, 0.3) is 6.71 Å². The second-order valence-electron chi connectivity index (χ2n) is 22.4. The van der Waals surface area contributed by atoms with Crippen LogP contribution in [-0.2, 0) is 10.2 Å². The molecule has 5 aromatic rings. The van der Waals surface area contributed by atoms with Crippen LogP contribution in [0.3, 0.4) is 0 Å². The van der Waals surface area contributed by atoms with Crippen LogP contribution in [0.25, 0.3) is 27.8 Å². The predicted octanol–water partition coefficient (Wildman–Crippen LogP) is 15.2. The molecule has 0 N–H and O–H groups in total. The number of anilines is 3. The minimum atomic E-state index is -0.164. The van der Waals surface area contributed by atoms with E-state index < -0.39 is 0 Å². The van der Waals surface area contributed by atoms with Crippen molar-refractivity contribution in [3.05, 3.63) is 209 Å². The van der Waals surface area contributed by atoms with Crippen LogP contribution >= 0.6 is 0 Å². The highest BCUT2D eigenvalue weighted by molar-refractivity contribution is 6.88. The summed E-state index contributed by atoms with van der Waals surface area (Å²) >= 11 is 0. The topological polar surface area (TPSA) is 15.7 Å². The van der Waals surface area contributed by atoms with Crippen molar-refractivity contribution in [1.82, 2.24) is 0 Å². The molecule has 5 aromatic carbocycles. The smallest absolute Gasteiger partial charge is 0.295 e. The van der Waals surface area contributed by atoms with E-state index in [-0.39, 0.29) is 40.4 Å². The molecule has 3 nitrogen and oxygen atoms in total. The number of benzene rings is 5. The van der Waals surface area contributed by atoms with Crippen molar-refractivity contribution in [1.29, 1.82) is 0 Å². The van der Waals surface area contributed by atoms with E-state index >= 15 is 0 Å². The Kier molecular flexibility index (Phi) is 9.80. The summed E-state index contributed by atoms with van der Waals surface area (Å²) in [6.07, 6.45) is 15.8. The Labute approximate surface area is 393 Å². The number of hydrogen-bond donors (Lipinski definition) is 0. The lowest BCUT2D eigenvalue weighted by molar-refractivity contribution is -0.127. The van der Waals surface area contributed by atoms with E-state index in [1.165, 1.54) is 75.8 Å². The van der Waals surface area contributed by atoms with Crippen molar-refractivity contribution in [2.75, 3.05) is 9.80 Å². The van der Waals surface area contributed by atoms with Gasteiger partial charge in [-0.25, -0.2) is 0 Å². The summed E-state index contributed by atoms with van der Waals surface area (Å²) in [4.78, 5) is 5.09. The largest absolute Gasteiger partial charge is 0.501 e. The standard InChI is InChI=1S/C62H61BN2O/c1-41-55-52(32-33-59(2,3)4)65(48-27-19-26-45(38-48)42-20-13-10-14-21-42)53-39-46(43-22-15-11-16-23-43)28-30-50(53)63(55)58-56(54-57(66-58)62(9)36-34-61(54,8)35-37-62)64(41)51-31-29-47(60(5,6)7)40-49(51)44-24-17-12-18-25-44/h10-17,19-24,26-33,38-40,54,57H,1,34-37H2,2-9H3/b33-32+. The third-order valence-corrected chi connectivity index (χ3v) is 15.7. The molecule has 2 atom stereocenters. The number of nitrogens with zero attached hydrogens (tertiary/aromatic N) is 2. The van der Waals surface area contributed by atoms with E-state index in [0.29, 0.717) is 0 Å². The van der Waals surface area contributed by atoms with Gasteiger partial charge in [-0.15, -0.1) is 0 Å². The Morgan fingerprint density at radius 3 is 2.03 bits per heavy atom. The molecule has 7 aliphatic rings. The highest BCUT2D eigenvalue weighted by Crippen LogP contribution is 2.67. The number of fused-ring (bicyclic) bond motifs is 6. The van der Waals surface area contributed by atoms with Gasteiger partial charge in [-0.2, -0.15) is 0 Å². The molecule has 3 aliphatic heterocycles. The number of allylic oxidation sites excluding steroid dienone is 7. The molecule has 328 valence electrons. The highest BCUT2D eigenvalue weighted by atomic mass is 16.5. The number of hydrogen-bond acceptors (Lipinski definition) is 3. The monoisotopic (exact) mass is 860 g/mol. The van der Waals surface area contributed by atoms with E-state index in [1.54, 1.807) is 0 Å². The zero-order valence-corrected chi connectivity index (χ0v) is 40.0. The summed E-state index contributed by atoms with van der Waals surface area (Å²) in [5, 5.41) is 0. The summed E-state index contributed by atoms with van der Waals surface area (Å²) in [5.41, 5.74) is 25.4. The molecular formula is C62H61BN2O. The third-order valence-electron chi connectivity index (χ3n) is 15.7. The first-order chi connectivity index (χ1) is 31.6. The van der Waals surface area contributed by atoms with Crippen LogP contribution in [0.2, 0.25) is 0 Å². The highest BCUT2D eigenvalue weighted by Gasteiger charge is 2.65. The number of ether oxygens (including phenoxy) is 1. The molecule has 2 bridgehead atoms. The van der Waals surface area contributed by atoms with Crippen molar-refractivity contribution in [2.24, 2.45) is 22.2 Å². The molecule has 0 radical (unpaired) electrons. The Balaban J connectivity index is 1.24. The van der Waals surface area contributed by atoms with Gasteiger partial charge in [0.2, 0.25) is 0 Å². The second-order valence-corrected chi connectivity index (χ2v) is 22.4. The van der Waals surface area contributed by atoms with E-state index in [9.17, 15) is 0 Å². The first kappa shape index (κ1) is 42.2. The Hall–Kier alpha value is -6.44. The summed E-state index contributed by atoms with van der Waals surface area (Å²) < 4.78 is 7.85. The molecule has 0 saturated heterocycles. The van der Waals surface area contributed by atoms with E-state index in [2.05, 4.69) is 222 Å². The van der Waals surface area contributed by atoms with Crippen LogP contribution in [0.1, 0.15) is 92.2 Å². The zero-order chi connectivity index (χ0) is 45.8. The predicted molar refractivity (Wildman–Crippen MR) is 278 cm³/mol. The van der Waals surface area contributed by atoms with Crippen LogP contribution in [0.4, 0.5) is 17.1 Å². The van der Waals surface area contributed by atoms with Crippen LogP contribution in [0.5, 0.6) is 0 Å². The van der Waals surface area contributed by atoms with E-state index in [1.807, 2.05) is 6.08 Å². The molecule has 3 saturated carbocycles. The quantitative estimate of drug-likeness (QED) is 0.125. The molecule has 0 amide bonds. The van der Waals surface area contributed by atoms with Gasteiger partial charge in [0.15, 0.2) is 0 Å². The van der Waals surface area contributed by atoms with Gasteiger partial charge in [0.05, 0.1) is 17.0 Å². The summed E-state index contributed by atoms with van der Waals surface area (Å²) in [7, 11) is 0. The summed E-state index contributed by atoms with van der Waals surface area (Å²) in [5.74, 6) is 0.209. The maximum Gasteiger partial charge on any atom is 0.295 e. The van der Waals surface area contributed by atoms with Crippen LogP contribution in [0, 0.1) is 22.2 Å². The second kappa shape index (κ2) is 15.3. The van der Waals surface area contributed by atoms with Crippen molar-refractivity contribution in [3.8, 4) is 22.3 Å². The molecule has 4 aliphatic carbocycles. The van der Waals surface area contributed by atoms with Crippen LogP contribution < -0.4 is 15.3 Å². The van der Waals surface area contributed by atoms with Gasteiger partial charge in [-0.05, 0) is 129 Å². The molecular weight excluding hydrogens is 800 g/mol. The first-order valence-corrected chi connectivity index (χ1v) is 24.1. The average Bonchev–Trinajstić information content (AvgIpc) is 3.75. The van der Waals surface area contributed by atoms with Crippen LogP contribution in [0.15, 0.2) is 198 Å². The maximum atomic E-state index is 7.85. The van der Waals surface area contributed by atoms with E-state index in [4.69, 9.17) is 11.3 Å². The molecule has 0 aromatic heterocycles. The van der Waals surface area contributed by atoms with E-state index in [0.717, 1.165) is 39.6 Å². The fourth-order valence-electron chi connectivity index (χ4n) is 11.9. The summed E-state index contributed by atoms with van der Waals surface area (Å²) in [6, 6.07) is 44.9. The van der Waals surface area contributed by atoms with Crippen LogP contribution in [-0.4, -0.2) is 12.8 Å². The Morgan fingerprint density at radius 1 is 0.712 bits per heavy atom. The van der Waals surface area contributed by atoms with Crippen molar-refractivity contribution in [2.45, 2.75) is 92.6 Å².